The topological polar surface area (TPSA) is 101 Å². The van der Waals surface area contributed by atoms with Crippen LogP contribution in [-0.2, 0) is 4.74 Å². The normalized spacial score (nSPS) is 32.2. The Balaban J connectivity index is 2.00. The van der Waals surface area contributed by atoms with Crippen LogP contribution >= 0.6 is 0 Å². The van der Waals surface area contributed by atoms with Crippen LogP contribution in [0.2, 0.25) is 0 Å². The molecule has 0 spiro atoms. The van der Waals surface area contributed by atoms with Gasteiger partial charge in [-0.05, 0) is 12.1 Å². The van der Waals surface area contributed by atoms with Crippen molar-refractivity contribution in [1.29, 1.82) is 0 Å². The molecule has 3 heterocycles. The van der Waals surface area contributed by atoms with Crippen molar-refractivity contribution in [3.8, 4) is 0 Å². The first-order valence-electron chi connectivity index (χ1n) is 5.62. The first-order valence-corrected chi connectivity index (χ1v) is 5.62. The van der Waals surface area contributed by atoms with Gasteiger partial charge in [0.2, 0.25) is 0 Å². The van der Waals surface area contributed by atoms with E-state index in [1.54, 1.807) is 22.9 Å². The molecule has 96 valence electrons. The molecule has 1 unspecified atom stereocenters. The van der Waals surface area contributed by atoms with Gasteiger partial charge in [-0.25, -0.2) is 9.97 Å². The van der Waals surface area contributed by atoms with Gasteiger partial charge in [0.1, 0.15) is 23.8 Å². The predicted molar refractivity (Wildman–Crippen MR) is 60.5 cm³/mol. The van der Waals surface area contributed by atoms with E-state index in [-0.39, 0.29) is 6.61 Å². The van der Waals surface area contributed by atoms with Crippen LogP contribution < -0.4 is 0 Å². The minimum atomic E-state index is -1.12. The molecule has 0 aliphatic carbocycles. The van der Waals surface area contributed by atoms with E-state index in [1.807, 2.05) is 0 Å². The summed E-state index contributed by atoms with van der Waals surface area (Å²) in [7, 11) is 0. The molecular formula is C11H13N3O4. The molecule has 3 N–H and O–H groups in total. The zero-order valence-corrected chi connectivity index (χ0v) is 9.42. The van der Waals surface area contributed by atoms with Crippen molar-refractivity contribution in [2.75, 3.05) is 6.61 Å². The molecule has 1 fully saturated rings. The van der Waals surface area contributed by atoms with E-state index < -0.39 is 24.5 Å². The number of fused-ring (bicyclic) bond motifs is 1. The van der Waals surface area contributed by atoms with Crippen LogP contribution in [0.25, 0.3) is 11.2 Å². The number of nitrogens with zero attached hydrogens (tertiary/aromatic N) is 3. The highest BCUT2D eigenvalue weighted by molar-refractivity contribution is 5.70. The summed E-state index contributed by atoms with van der Waals surface area (Å²) in [6.07, 6.45) is -0.731. The number of ether oxygens (including phenoxy) is 1. The minimum Gasteiger partial charge on any atom is -0.394 e. The van der Waals surface area contributed by atoms with E-state index in [4.69, 9.17) is 9.84 Å². The van der Waals surface area contributed by atoms with Crippen molar-refractivity contribution in [2.24, 2.45) is 0 Å². The van der Waals surface area contributed by atoms with Gasteiger partial charge in [0.25, 0.3) is 0 Å². The van der Waals surface area contributed by atoms with E-state index in [0.717, 1.165) is 0 Å². The lowest BCUT2D eigenvalue weighted by Gasteiger charge is -2.16. The molecule has 7 nitrogen and oxygen atoms in total. The highest BCUT2D eigenvalue weighted by Crippen LogP contribution is 2.30. The van der Waals surface area contributed by atoms with Crippen LogP contribution in [0.4, 0.5) is 0 Å². The van der Waals surface area contributed by atoms with E-state index in [1.165, 1.54) is 6.33 Å². The fraction of sp³-hybridized carbons (Fsp3) is 0.455. The molecule has 0 aromatic carbocycles. The van der Waals surface area contributed by atoms with Crippen LogP contribution in [-0.4, -0.2) is 54.8 Å². The standard InChI is InChI=1S/C11H13N3O4/c15-4-7-8(16)9(17)11(18-7)14-5-13-6-2-1-3-12-10(6)14/h1-3,5,7-9,11,15-17H,4H2/t7-,8-,9?,11-/m1/s1. The number of pyridine rings is 1. The molecule has 2 aromatic rings. The lowest BCUT2D eigenvalue weighted by Crippen LogP contribution is -2.33. The maximum absolute atomic E-state index is 9.93. The summed E-state index contributed by atoms with van der Waals surface area (Å²) >= 11 is 0. The monoisotopic (exact) mass is 251 g/mol. The zero-order valence-electron chi connectivity index (χ0n) is 9.42. The number of hydrogen-bond acceptors (Lipinski definition) is 6. The Bertz CT molecular complexity index is 558. The molecule has 0 amide bonds. The Morgan fingerprint density at radius 2 is 2.11 bits per heavy atom. The average molecular weight is 251 g/mol. The second kappa shape index (κ2) is 4.29. The highest BCUT2D eigenvalue weighted by Gasteiger charge is 2.43. The van der Waals surface area contributed by atoms with E-state index in [9.17, 15) is 10.2 Å². The summed E-state index contributed by atoms with van der Waals surface area (Å²) < 4.78 is 6.98. The van der Waals surface area contributed by atoms with Crippen LogP contribution in [0, 0.1) is 0 Å². The van der Waals surface area contributed by atoms with Crippen LogP contribution in [0.5, 0.6) is 0 Å². The Kier molecular flexibility index (Phi) is 2.75. The molecule has 4 atom stereocenters. The molecule has 1 saturated heterocycles. The van der Waals surface area contributed by atoms with Gasteiger partial charge < -0.3 is 20.1 Å². The summed E-state index contributed by atoms with van der Waals surface area (Å²) in [5.74, 6) is 0. The van der Waals surface area contributed by atoms with Crippen LogP contribution in [0.15, 0.2) is 24.7 Å². The van der Waals surface area contributed by atoms with Gasteiger partial charge in [0.05, 0.1) is 12.9 Å². The van der Waals surface area contributed by atoms with E-state index >= 15 is 0 Å². The number of aromatic nitrogens is 3. The van der Waals surface area contributed by atoms with Crippen molar-refractivity contribution in [1.82, 2.24) is 14.5 Å². The molecule has 0 saturated carbocycles. The van der Waals surface area contributed by atoms with Gasteiger partial charge in [-0.1, -0.05) is 0 Å². The summed E-state index contributed by atoms with van der Waals surface area (Å²) in [6.45, 7) is -0.352. The van der Waals surface area contributed by atoms with Crippen LogP contribution in [0.1, 0.15) is 6.23 Å². The van der Waals surface area contributed by atoms with Gasteiger partial charge in [-0.2, -0.15) is 0 Å². The average Bonchev–Trinajstić information content (AvgIpc) is 2.93. The second-order valence-corrected chi connectivity index (χ2v) is 4.23. The largest absolute Gasteiger partial charge is 0.394 e. The molecule has 2 aromatic heterocycles. The van der Waals surface area contributed by atoms with Crippen molar-refractivity contribution >= 4 is 11.2 Å². The van der Waals surface area contributed by atoms with Gasteiger partial charge in [-0.15, -0.1) is 0 Å². The van der Waals surface area contributed by atoms with Gasteiger partial charge >= 0.3 is 0 Å². The third-order valence-electron chi connectivity index (χ3n) is 3.12. The zero-order chi connectivity index (χ0) is 12.7. The first-order chi connectivity index (χ1) is 8.72. The Labute approximate surface area is 102 Å². The number of hydrogen-bond donors (Lipinski definition) is 3. The number of aliphatic hydroxyl groups is 3. The lowest BCUT2D eigenvalue weighted by atomic mass is 10.1. The molecule has 3 rings (SSSR count). The number of aliphatic hydroxyl groups excluding tert-OH is 3. The Hall–Kier alpha value is -1.54. The van der Waals surface area contributed by atoms with Crippen molar-refractivity contribution < 1.29 is 20.1 Å². The predicted octanol–water partition coefficient (Wildman–Crippen LogP) is -0.957. The molecule has 1 aliphatic rings. The fourth-order valence-electron chi connectivity index (χ4n) is 2.16. The van der Waals surface area contributed by atoms with E-state index in [0.29, 0.717) is 11.2 Å². The number of imidazole rings is 1. The summed E-state index contributed by atoms with van der Waals surface area (Å²) in [5, 5.41) is 28.7. The quantitative estimate of drug-likeness (QED) is 0.635. The molecule has 1 aliphatic heterocycles. The fourth-order valence-corrected chi connectivity index (χ4v) is 2.16. The van der Waals surface area contributed by atoms with Gasteiger partial charge in [0.15, 0.2) is 11.9 Å². The smallest absolute Gasteiger partial charge is 0.165 e. The third kappa shape index (κ3) is 1.60. The van der Waals surface area contributed by atoms with Crippen molar-refractivity contribution in [2.45, 2.75) is 24.5 Å². The minimum absolute atomic E-state index is 0.352. The van der Waals surface area contributed by atoms with E-state index in [2.05, 4.69) is 9.97 Å². The Morgan fingerprint density at radius 3 is 2.83 bits per heavy atom. The van der Waals surface area contributed by atoms with Gasteiger partial charge in [-0.3, -0.25) is 4.57 Å². The molecule has 0 radical (unpaired) electrons. The molecular weight excluding hydrogens is 238 g/mol. The first kappa shape index (κ1) is 11.5. The molecule has 0 bridgehead atoms. The maximum atomic E-state index is 9.93. The highest BCUT2D eigenvalue weighted by atomic mass is 16.6. The molecule has 18 heavy (non-hydrogen) atoms. The summed E-state index contributed by atoms with van der Waals surface area (Å²) in [5.41, 5.74) is 1.24. The third-order valence-corrected chi connectivity index (χ3v) is 3.12. The van der Waals surface area contributed by atoms with Gasteiger partial charge in [0, 0.05) is 6.20 Å². The summed E-state index contributed by atoms with van der Waals surface area (Å²) in [4.78, 5) is 8.30. The second-order valence-electron chi connectivity index (χ2n) is 4.23. The Morgan fingerprint density at radius 1 is 1.28 bits per heavy atom. The number of rotatable bonds is 2. The lowest BCUT2D eigenvalue weighted by molar-refractivity contribution is -0.0511. The molecule has 7 heteroatoms. The maximum Gasteiger partial charge on any atom is 0.165 e. The van der Waals surface area contributed by atoms with Crippen molar-refractivity contribution in [3.63, 3.8) is 0 Å². The SMILES string of the molecule is OC[C@H]1O[C@@H](n2cnc3cccnc32)C(O)[C@@H]1O. The summed E-state index contributed by atoms with van der Waals surface area (Å²) in [6, 6.07) is 3.55. The van der Waals surface area contributed by atoms with Crippen LogP contribution in [0.3, 0.4) is 0 Å². The van der Waals surface area contributed by atoms with Crippen molar-refractivity contribution in [3.05, 3.63) is 24.7 Å².